The zero-order valence-corrected chi connectivity index (χ0v) is 18.6. The molecule has 158 valence electrons. The van der Waals surface area contributed by atoms with Gasteiger partial charge in [-0.15, -0.1) is 11.3 Å². The quantitative estimate of drug-likeness (QED) is 0.389. The molecule has 5 rings (SSSR count). The first-order chi connectivity index (χ1) is 15.2. The third-order valence-corrected chi connectivity index (χ3v) is 6.72. The van der Waals surface area contributed by atoms with Crippen LogP contribution in [0.25, 0.3) is 21.2 Å². The molecule has 0 unspecified atom stereocenters. The molecule has 1 aliphatic rings. The fourth-order valence-corrected chi connectivity index (χ4v) is 5.14. The summed E-state index contributed by atoms with van der Waals surface area (Å²) >= 11 is 1.78. The van der Waals surface area contributed by atoms with Crippen molar-refractivity contribution < 1.29 is 14.2 Å². The lowest BCUT2D eigenvalue weighted by atomic mass is 10.0. The maximum absolute atomic E-state index is 6.15. The zero-order chi connectivity index (χ0) is 21.2. The van der Waals surface area contributed by atoms with Crippen LogP contribution in [0.4, 0.5) is 0 Å². The largest absolute Gasteiger partial charge is 0.497 e. The van der Waals surface area contributed by atoms with Gasteiger partial charge in [-0.3, -0.25) is 4.90 Å². The molecule has 4 aromatic rings. The van der Waals surface area contributed by atoms with Crippen LogP contribution in [0.1, 0.15) is 11.1 Å². The molecule has 0 atom stereocenters. The molecule has 0 saturated heterocycles. The summed E-state index contributed by atoms with van der Waals surface area (Å²) in [7, 11) is 3.41. The number of benzene rings is 3. The third kappa shape index (κ3) is 3.99. The van der Waals surface area contributed by atoms with Crippen molar-refractivity contribution in [2.24, 2.45) is 0 Å². The number of hydrogen-bond acceptors (Lipinski definition) is 5. The average molecular weight is 432 g/mol. The maximum atomic E-state index is 6.15. The molecule has 31 heavy (non-hydrogen) atoms. The first-order valence-electron chi connectivity index (χ1n) is 10.4. The minimum absolute atomic E-state index is 0.639. The number of methoxy groups -OCH3 is 2. The molecule has 0 saturated carbocycles. The fraction of sp³-hybridized carbons (Fsp3) is 0.231. The lowest BCUT2D eigenvalue weighted by Crippen LogP contribution is -2.25. The van der Waals surface area contributed by atoms with Gasteiger partial charge in [0.1, 0.15) is 12.4 Å². The van der Waals surface area contributed by atoms with Crippen molar-refractivity contribution in [2.75, 3.05) is 27.4 Å². The summed E-state index contributed by atoms with van der Waals surface area (Å²) in [5.41, 5.74) is 4.84. The smallest absolute Gasteiger partial charge is 0.165 e. The van der Waals surface area contributed by atoms with E-state index in [9.17, 15) is 0 Å². The Morgan fingerprint density at radius 2 is 1.84 bits per heavy atom. The van der Waals surface area contributed by atoms with E-state index in [1.807, 2.05) is 12.1 Å². The Morgan fingerprint density at radius 3 is 2.65 bits per heavy atom. The van der Waals surface area contributed by atoms with Crippen molar-refractivity contribution in [1.29, 1.82) is 0 Å². The monoisotopic (exact) mass is 431 g/mol. The minimum atomic E-state index is 0.639. The van der Waals surface area contributed by atoms with E-state index in [-0.39, 0.29) is 0 Å². The second-order valence-corrected chi connectivity index (χ2v) is 8.63. The molecule has 0 aliphatic carbocycles. The van der Waals surface area contributed by atoms with Gasteiger partial charge in [0.15, 0.2) is 11.5 Å². The molecule has 0 fully saturated rings. The highest BCUT2D eigenvalue weighted by Crippen LogP contribution is 2.41. The topological polar surface area (TPSA) is 30.9 Å². The Bertz CT molecular complexity index is 1200. The normalized spacial score (nSPS) is 14.0. The van der Waals surface area contributed by atoms with E-state index in [0.717, 1.165) is 42.4 Å². The van der Waals surface area contributed by atoms with Crippen LogP contribution in [0.3, 0.4) is 0 Å². The molecule has 1 aromatic heterocycles. The maximum Gasteiger partial charge on any atom is 0.165 e. The van der Waals surface area contributed by atoms with Crippen LogP contribution in [0, 0.1) is 0 Å². The van der Waals surface area contributed by atoms with E-state index in [4.69, 9.17) is 14.2 Å². The number of thiophene rings is 1. The van der Waals surface area contributed by atoms with Gasteiger partial charge >= 0.3 is 0 Å². The van der Waals surface area contributed by atoms with Crippen molar-refractivity contribution in [2.45, 2.75) is 13.1 Å². The molecule has 1 aliphatic heterocycles. The van der Waals surface area contributed by atoms with E-state index < -0.39 is 0 Å². The summed E-state index contributed by atoms with van der Waals surface area (Å²) in [5, 5.41) is 3.51. The molecular weight excluding hydrogens is 406 g/mol. The highest BCUT2D eigenvalue weighted by Gasteiger charge is 2.21. The number of ether oxygens (including phenoxy) is 3. The van der Waals surface area contributed by atoms with Gasteiger partial charge in [0.25, 0.3) is 0 Å². The number of nitrogens with zero attached hydrogens (tertiary/aromatic N) is 1. The van der Waals surface area contributed by atoms with Gasteiger partial charge in [0, 0.05) is 40.8 Å². The van der Waals surface area contributed by atoms with Crippen molar-refractivity contribution in [3.63, 3.8) is 0 Å². The molecule has 2 heterocycles. The van der Waals surface area contributed by atoms with Gasteiger partial charge in [-0.1, -0.05) is 30.3 Å². The van der Waals surface area contributed by atoms with Gasteiger partial charge in [-0.2, -0.15) is 0 Å². The van der Waals surface area contributed by atoms with Crippen LogP contribution in [0.5, 0.6) is 17.2 Å². The summed E-state index contributed by atoms with van der Waals surface area (Å²) in [6.07, 6.45) is 0. The average Bonchev–Trinajstić information content (AvgIpc) is 3.13. The van der Waals surface area contributed by atoms with Gasteiger partial charge in [0.2, 0.25) is 0 Å². The zero-order valence-electron chi connectivity index (χ0n) is 17.8. The van der Waals surface area contributed by atoms with Crippen molar-refractivity contribution in [1.82, 2.24) is 4.90 Å². The Kier molecular flexibility index (Phi) is 5.53. The van der Waals surface area contributed by atoms with Crippen LogP contribution < -0.4 is 14.2 Å². The van der Waals surface area contributed by atoms with Gasteiger partial charge < -0.3 is 14.2 Å². The van der Waals surface area contributed by atoms with Crippen LogP contribution in [0.15, 0.2) is 66.0 Å². The first kappa shape index (κ1) is 19.9. The standard InChI is InChI=1S/C26H25NO3S/c1-28-21-9-7-18(8-10-21)15-27-11-12-30-26-20(16-27)13-19(14-24(26)29-2)23-17-31-25-6-4-3-5-22(23)25/h3-10,13-14,17H,11-12,15-16H2,1-2H3. The lowest BCUT2D eigenvalue weighted by Gasteiger charge is -2.20. The number of rotatable bonds is 5. The lowest BCUT2D eigenvalue weighted by molar-refractivity contribution is 0.217. The third-order valence-electron chi connectivity index (χ3n) is 5.76. The minimum Gasteiger partial charge on any atom is -0.497 e. The molecule has 4 nitrogen and oxygen atoms in total. The highest BCUT2D eigenvalue weighted by molar-refractivity contribution is 7.17. The number of fused-ring (bicyclic) bond motifs is 2. The van der Waals surface area contributed by atoms with E-state index in [2.05, 4.69) is 58.8 Å². The molecule has 5 heteroatoms. The second-order valence-electron chi connectivity index (χ2n) is 7.72. The van der Waals surface area contributed by atoms with Crippen LogP contribution >= 0.6 is 11.3 Å². The Labute approximate surface area is 186 Å². The molecule has 0 spiro atoms. The molecular formula is C26H25NO3S. The number of hydrogen-bond donors (Lipinski definition) is 0. The van der Waals surface area contributed by atoms with Crippen molar-refractivity contribution in [3.8, 4) is 28.4 Å². The van der Waals surface area contributed by atoms with Crippen LogP contribution in [-0.2, 0) is 13.1 Å². The van der Waals surface area contributed by atoms with Crippen LogP contribution in [-0.4, -0.2) is 32.3 Å². The van der Waals surface area contributed by atoms with Gasteiger partial charge in [-0.25, -0.2) is 0 Å². The Morgan fingerprint density at radius 1 is 1.00 bits per heavy atom. The summed E-state index contributed by atoms with van der Waals surface area (Å²) < 4.78 is 18.5. The van der Waals surface area contributed by atoms with E-state index in [0.29, 0.717) is 6.61 Å². The van der Waals surface area contributed by atoms with E-state index >= 15 is 0 Å². The predicted molar refractivity (Wildman–Crippen MR) is 126 cm³/mol. The molecule has 0 radical (unpaired) electrons. The SMILES string of the molecule is COc1ccc(CN2CCOc3c(cc(-c4csc5ccccc45)cc3OC)C2)cc1. The van der Waals surface area contributed by atoms with Crippen molar-refractivity contribution in [3.05, 3.63) is 77.2 Å². The summed E-state index contributed by atoms with van der Waals surface area (Å²) in [6.45, 7) is 3.18. The molecule has 0 N–H and O–H groups in total. The first-order valence-corrected chi connectivity index (χ1v) is 11.3. The molecule has 0 bridgehead atoms. The summed E-state index contributed by atoms with van der Waals surface area (Å²) in [6, 6.07) is 21.2. The summed E-state index contributed by atoms with van der Waals surface area (Å²) in [4.78, 5) is 2.42. The van der Waals surface area contributed by atoms with Gasteiger partial charge in [-0.05, 0) is 46.8 Å². The Balaban J connectivity index is 1.48. The molecule has 3 aromatic carbocycles. The molecule has 0 amide bonds. The fourth-order valence-electron chi connectivity index (χ4n) is 4.17. The van der Waals surface area contributed by atoms with Crippen molar-refractivity contribution >= 4 is 21.4 Å². The Hall–Kier alpha value is -3.02. The van der Waals surface area contributed by atoms with Gasteiger partial charge in [0.05, 0.1) is 14.2 Å². The highest BCUT2D eigenvalue weighted by atomic mass is 32.1. The van der Waals surface area contributed by atoms with E-state index in [1.165, 1.54) is 26.8 Å². The summed E-state index contributed by atoms with van der Waals surface area (Å²) in [5.74, 6) is 2.54. The van der Waals surface area contributed by atoms with Crippen LogP contribution in [0.2, 0.25) is 0 Å². The predicted octanol–water partition coefficient (Wildman–Crippen LogP) is 5.98. The second kappa shape index (κ2) is 8.61. The van der Waals surface area contributed by atoms with E-state index in [1.54, 1.807) is 25.6 Å².